The molecule has 0 aromatic heterocycles. The van der Waals surface area contributed by atoms with E-state index in [1.807, 2.05) is 12.1 Å². The number of hydrogen-bond acceptors (Lipinski definition) is 4. The van der Waals surface area contributed by atoms with Gasteiger partial charge >= 0.3 is 0 Å². The third-order valence-electron chi connectivity index (χ3n) is 4.64. The van der Waals surface area contributed by atoms with Crippen LogP contribution in [0.15, 0.2) is 67.4 Å². The molecule has 1 N–H and O–H groups in total. The molecule has 1 saturated heterocycles. The van der Waals surface area contributed by atoms with E-state index in [2.05, 4.69) is 47.6 Å². The molecule has 1 fully saturated rings. The number of hydrogen-bond donors (Lipinski definition) is 1. The van der Waals surface area contributed by atoms with E-state index in [9.17, 15) is 10.1 Å². The molecule has 1 aromatic rings. The van der Waals surface area contributed by atoms with E-state index in [0.29, 0.717) is 13.1 Å². The Morgan fingerprint density at radius 1 is 1.22 bits per heavy atom. The molecule has 0 saturated carbocycles. The van der Waals surface area contributed by atoms with Crippen molar-refractivity contribution < 1.29 is 4.79 Å². The summed E-state index contributed by atoms with van der Waals surface area (Å²) in [5.74, 6) is -0.300. The van der Waals surface area contributed by atoms with Crippen LogP contribution in [0.3, 0.4) is 0 Å². The Labute approximate surface area is 162 Å². The van der Waals surface area contributed by atoms with E-state index in [-0.39, 0.29) is 17.5 Å². The fourth-order valence-corrected chi connectivity index (χ4v) is 3.16. The summed E-state index contributed by atoms with van der Waals surface area (Å²) >= 11 is 0. The van der Waals surface area contributed by atoms with Crippen LogP contribution in [0.4, 0.5) is 0 Å². The number of amides is 1. The first-order chi connectivity index (χ1) is 13.2. The van der Waals surface area contributed by atoms with Gasteiger partial charge in [0, 0.05) is 45.0 Å². The Morgan fingerprint density at radius 2 is 1.85 bits per heavy atom. The van der Waals surface area contributed by atoms with E-state index in [0.717, 1.165) is 32.5 Å². The van der Waals surface area contributed by atoms with Crippen molar-refractivity contribution in [1.82, 2.24) is 15.1 Å². The van der Waals surface area contributed by atoms with Gasteiger partial charge in [-0.3, -0.25) is 9.69 Å². The highest BCUT2D eigenvalue weighted by atomic mass is 16.2. The lowest BCUT2D eigenvalue weighted by Crippen LogP contribution is -2.41. The van der Waals surface area contributed by atoms with Gasteiger partial charge in [-0.25, -0.2) is 0 Å². The van der Waals surface area contributed by atoms with Crippen LogP contribution in [0, 0.1) is 11.3 Å². The first kappa shape index (κ1) is 20.5. The molecule has 1 aromatic carbocycles. The van der Waals surface area contributed by atoms with Crippen LogP contribution in [-0.2, 0) is 11.3 Å². The molecule has 1 heterocycles. The monoisotopic (exact) mass is 364 g/mol. The van der Waals surface area contributed by atoms with E-state index in [4.69, 9.17) is 0 Å². The lowest BCUT2D eigenvalue weighted by molar-refractivity contribution is -0.125. The number of rotatable bonds is 9. The minimum atomic E-state index is -0.300. The Morgan fingerprint density at radius 3 is 2.41 bits per heavy atom. The maximum atomic E-state index is 12.5. The third kappa shape index (κ3) is 6.43. The first-order valence-corrected chi connectivity index (χ1v) is 9.31. The van der Waals surface area contributed by atoms with Crippen LogP contribution < -0.4 is 5.32 Å². The van der Waals surface area contributed by atoms with Gasteiger partial charge in [0.15, 0.2) is 0 Å². The zero-order valence-corrected chi connectivity index (χ0v) is 15.8. The van der Waals surface area contributed by atoms with Crippen molar-refractivity contribution in [2.24, 2.45) is 0 Å². The molecule has 2 rings (SSSR count). The highest BCUT2D eigenvalue weighted by Gasteiger charge is 2.20. The van der Waals surface area contributed by atoms with Crippen LogP contribution in [0.5, 0.6) is 0 Å². The molecular formula is C22H28N4O. The molecule has 1 aliphatic heterocycles. The average molecular weight is 364 g/mol. The number of benzene rings is 1. The molecule has 0 unspecified atom stereocenters. The number of piperidine rings is 1. The summed E-state index contributed by atoms with van der Waals surface area (Å²) in [5, 5.41) is 12.6. The van der Waals surface area contributed by atoms with Gasteiger partial charge in [0.05, 0.1) is 0 Å². The number of nitriles is 1. The second-order valence-electron chi connectivity index (χ2n) is 6.66. The molecule has 142 valence electrons. The van der Waals surface area contributed by atoms with Crippen molar-refractivity contribution in [1.29, 1.82) is 5.26 Å². The summed E-state index contributed by atoms with van der Waals surface area (Å²) < 4.78 is 0. The van der Waals surface area contributed by atoms with Gasteiger partial charge in [0.2, 0.25) is 0 Å². The molecular weight excluding hydrogens is 336 g/mol. The van der Waals surface area contributed by atoms with Gasteiger partial charge in [0.25, 0.3) is 5.91 Å². The average Bonchev–Trinajstić information content (AvgIpc) is 2.70. The summed E-state index contributed by atoms with van der Waals surface area (Å²) in [6, 6.07) is 12.8. The second kappa shape index (κ2) is 11.0. The van der Waals surface area contributed by atoms with Crippen molar-refractivity contribution in [3.05, 3.63) is 73.0 Å². The van der Waals surface area contributed by atoms with Crippen molar-refractivity contribution in [2.75, 3.05) is 26.2 Å². The normalized spacial score (nSPS) is 15.6. The van der Waals surface area contributed by atoms with Crippen LogP contribution >= 0.6 is 0 Å². The summed E-state index contributed by atoms with van der Waals surface area (Å²) in [6.07, 6.45) is 6.83. The van der Waals surface area contributed by atoms with E-state index in [1.165, 1.54) is 5.56 Å². The Kier molecular flexibility index (Phi) is 8.34. The molecule has 5 nitrogen and oxygen atoms in total. The highest BCUT2D eigenvalue weighted by molar-refractivity contribution is 5.97. The summed E-state index contributed by atoms with van der Waals surface area (Å²) in [7, 11) is 0. The summed E-state index contributed by atoms with van der Waals surface area (Å²) in [6.45, 7) is 11.0. The second-order valence-corrected chi connectivity index (χ2v) is 6.66. The third-order valence-corrected chi connectivity index (χ3v) is 4.64. The van der Waals surface area contributed by atoms with Crippen molar-refractivity contribution >= 4 is 5.91 Å². The quantitative estimate of drug-likeness (QED) is 0.416. The summed E-state index contributed by atoms with van der Waals surface area (Å²) in [5.41, 5.74) is 1.44. The van der Waals surface area contributed by atoms with E-state index in [1.54, 1.807) is 23.3 Å². The van der Waals surface area contributed by atoms with Gasteiger partial charge < -0.3 is 10.2 Å². The fourth-order valence-electron chi connectivity index (χ4n) is 3.16. The zero-order valence-electron chi connectivity index (χ0n) is 15.8. The largest absolute Gasteiger partial charge is 0.387 e. The lowest BCUT2D eigenvalue weighted by Gasteiger charge is -2.32. The van der Waals surface area contributed by atoms with Crippen molar-refractivity contribution in [3.8, 4) is 6.07 Å². The molecule has 0 spiro atoms. The van der Waals surface area contributed by atoms with Gasteiger partial charge in [0.1, 0.15) is 11.6 Å². The molecule has 27 heavy (non-hydrogen) atoms. The van der Waals surface area contributed by atoms with Crippen LogP contribution in [0.2, 0.25) is 0 Å². The maximum Gasteiger partial charge on any atom is 0.266 e. The number of carbonyl (C=O) groups excluding carboxylic acids is 1. The summed E-state index contributed by atoms with van der Waals surface area (Å²) in [4.78, 5) is 16.4. The fraction of sp³-hybridized carbons (Fsp3) is 0.364. The number of nitrogens with one attached hydrogen (secondary N) is 1. The Bertz CT molecular complexity index is 687. The molecule has 0 aliphatic carbocycles. The highest BCUT2D eigenvalue weighted by Crippen LogP contribution is 2.14. The van der Waals surface area contributed by atoms with Gasteiger partial charge in [-0.2, -0.15) is 5.26 Å². The minimum Gasteiger partial charge on any atom is -0.387 e. The standard InChI is InChI=1S/C22H28N4O/c1-3-12-26(13-4-2)22(27)20(16-23)17-24-21-10-14-25(15-11-21)18-19-8-6-5-7-9-19/h3-9,17,21,24H,1-2,10-15,18H2/b20-17-. The van der Waals surface area contributed by atoms with Gasteiger partial charge in [-0.1, -0.05) is 42.5 Å². The molecule has 5 heteroatoms. The molecule has 0 radical (unpaired) electrons. The molecule has 0 atom stereocenters. The molecule has 1 aliphatic rings. The Hall–Kier alpha value is -2.84. The lowest BCUT2D eigenvalue weighted by atomic mass is 10.0. The number of likely N-dealkylation sites (tertiary alicyclic amines) is 1. The van der Waals surface area contributed by atoms with Crippen LogP contribution in [0.1, 0.15) is 18.4 Å². The van der Waals surface area contributed by atoms with Gasteiger partial charge in [-0.15, -0.1) is 13.2 Å². The number of carbonyl (C=O) groups is 1. The Balaban J connectivity index is 1.85. The van der Waals surface area contributed by atoms with Crippen molar-refractivity contribution in [3.63, 3.8) is 0 Å². The SMILES string of the molecule is C=CCN(CC=C)C(=O)/C(C#N)=C\NC1CCN(Cc2ccccc2)CC1. The van der Waals surface area contributed by atoms with E-state index < -0.39 is 0 Å². The predicted molar refractivity (Wildman–Crippen MR) is 109 cm³/mol. The zero-order chi connectivity index (χ0) is 19.5. The molecule has 1 amide bonds. The first-order valence-electron chi connectivity index (χ1n) is 9.31. The smallest absolute Gasteiger partial charge is 0.266 e. The van der Waals surface area contributed by atoms with Crippen LogP contribution in [0.25, 0.3) is 0 Å². The predicted octanol–water partition coefficient (Wildman–Crippen LogP) is 2.85. The van der Waals surface area contributed by atoms with Crippen molar-refractivity contribution in [2.45, 2.75) is 25.4 Å². The topological polar surface area (TPSA) is 59.4 Å². The molecule has 0 bridgehead atoms. The van der Waals surface area contributed by atoms with Crippen LogP contribution in [-0.4, -0.2) is 47.9 Å². The maximum absolute atomic E-state index is 12.5. The minimum absolute atomic E-state index is 0.116. The number of nitrogens with zero attached hydrogens (tertiary/aromatic N) is 3. The van der Waals surface area contributed by atoms with Gasteiger partial charge in [-0.05, 0) is 18.4 Å². The van der Waals surface area contributed by atoms with E-state index >= 15 is 0 Å².